The first-order valence-corrected chi connectivity index (χ1v) is 10.6. The lowest BCUT2D eigenvalue weighted by Crippen LogP contribution is -2.36. The fourth-order valence-electron chi connectivity index (χ4n) is 2.09. The normalized spacial score (nSPS) is 10.5. The van der Waals surface area contributed by atoms with Gasteiger partial charge in [-0.1, -0.05) is 6.92 Å². The summed E-state index contributed by atoms with van der Waals surface area (Å²) in [4.78, 5) is 44.8. The molecule has 0 aliphatic rings. The molecule has 0 aliphatic heterocycles. The number of amides is 3. The van der Waals surface area contributed by atoms with Crippen molar-refractivity contribution in [1.29, 1.82) is 0 Å². The molecular formula is C20H37N3O8. The number of nitrogens with one attached hydrogen (secondary N) is 3. The predicted molar refractivity (Wildman–Crippen MR) is 113 cm³/mol. The van der Waals surface area contributed by atoms with Gasteiger partial charge in [0.25, 0.3) is 0 Å². The number of hydrogen-bond donors (Lipinski definition) is 3. The van der Waals surface area contributed by atoms with E-state index < -0.39 is 0 Å². The predicted octanol–water partition coefficient (Wildman–Crippen LogP) is -0.819. The average Bonchev–Trinajstić information content (AvgIpc) is 2.74. The average molecular weight is 448 g/mol. The van der Waals surface area contributed by atoms with Crippen LogP contribution in [-0.4, -0.2) is 96.0 Å². The molecule has 0 bridgehead atoms. The Balaban J connectivity index is 3.32. The molecule has 3 amide bonds. The second kappa shape index (κ2) is 21.2. The van der Waals surface area contributed by atoms with E-state index in [2.05, 4.69) is 16.0 Å². The molecule has 0 saturated carbocycles. The first kappa shape index (κ1) is 28.9. The fraction of sp³-hybridized carbons (Fsp3) is 0.800. The summed E-state index contributed by atoms with van der Waals surface area (Å²) in [5, 5.41) is 7.93. The first-order chi connectivity index (χ1) is 15.0. The summed E-state index contributed by atoms with van der Waals surface area (Å²) in [5.74, 6) is -0.431. The van der Waals surface area contributed by atoms with Crippen molar-refractivity contribution in [3.05, 3.63) is 0 Å². The molecule has 0 rings (SSSR count). The zero-order valence-electron chi connectivity index (χ0n) is 18.7. The smallest absolute Gasteiger partial charge is 0.246 e. The Morgan fingerprint density at radius 1 is 0.613 bits per heavy atom. The summed E-state index contributed by atoms with van der Waals surface area (Å²) >= 11 is 0. The lowest BCUT2D eigenvalue weighted by atomic mass is 10.2. The van der Waals surface area contributed by atoms with Gasteiger partial charge in [0.1, 0.15) is 19.0 Å². The SMILES string of the molecule is CCC(=O)NCCNC(=O)COCCOCCNC(=O)COCCOCCCC(C)=O. The number of rotatable bonds is 21. The molecule has 180 valence electrons. The summed E-state index contributed by atoms with van der Waals surface area (Å²) in [6.07, 6.45) is 1.61. The van der Waals surface area contributed by atoms with Gasteiger partial charge < -0.3 is 39.7 Å². The molecule has 0 spiro atoms. The van der Waals surface area contributed by atoms with Crippen LogP contribution >= 0.6 is 0 Å². The molecule has 0 aliphatic carbocycles. The van der Waals surface area contributed by atoms with Crippen LogP contribution in [0.25, 0.3) is 0 Å². The molecule has 3 N–H and O–H groups in total. The van der Waals surface area contributed by atoms with E-state index in [1.165, 1.54) is 0 Å². The van der Waals surface area contributed by atoms with Gasteiger partial charge in [0, 0.05) is 39.1 Å². The second-order valence-corrected chi connectivity index (χ2v) is 6.54. The lowest BCUT2D eigenvalue weighted by Gasteiger charge is -2.09. The highest BCUT2D eigenvalue weighted by atomic mass is 16.5. The Bertz CT molecular complexity index is 517. The molecule has 0 unspecified atom stereocenters. The molecule has 11 nitrogen and oxygen atoms in total. The van der Waals surface area contributed by atoms with Crippen LogP contribution in [0.4, 0.5) is 0 Å². The number of Topliss-reactive ketones (excluding diaryl/α,β-unsaturated/α-hetero) is 1. The molecule has 0 radical (unpaired) electrons. The van der Waals surface area contributed by atoms with E-state index >= 15 is 0 Å². The van der Waals surface area contributed by atoms with Crippen molar-refractivity contribution >= 4 is 23.5 Å². The number of ketones is 1. The van der Waals surface area contributed by atoms with Crippen molar-refractivity contribution in [1.82, 2.24) is 16.0 Å². The van der Waals surface area contributed by atoms with Crippen molar-refractivity contribution in [3.8, 4) is 0 Å². The molecule has 31 heavy (non-hydrogen) atoms. The molecule has 0 aromatic heterocycles. The second-order valence-electron chi connectivity index (χ2n) is 6.54. The molecule has 0 saturated heterocycles. The zero-order valence-corrected chi connectivity index (χ0v) is 18.7. The Hall–Kier alpha value is -2.08. The van der Waals surface area contributed by atoms with Crippen molar-refractivity contribution in [2.45, 2.75) is 33.1 Å². The van der Waals surface area contributed by atoms with Gasteiger partial charge in [-0.2, -0.15) is 0 Å². The minimum absolute atomic E-state index is 0.0584. The van der Waals surface area contributed by atoms with Gasteiger partial charge in [-0.3, -0.25) is 14.4 Å². The van der Waals surface area contributed by atoms with Crippen LogP contribution in [0, 0.1) is 0 Å². The number of ether oxygens (including phenoxy) is 4. The first-order valence-electron chi connectivity index (χ1n) is 10.6. The van der Waals surface area contributed by atoms with E-state index in [1.54, 1.807) is 13.8 Å². The van der Waals surface area contributed by atoms with Gasteiger partial charge in [-0.05, 0) is 13.3 Å². The summed E-state index contributed by atoms with van der Waals surface area (Å²) < 4.78 is 20.9. The summed E-state index contributed by atoms with van der Waals surface area (Å²) in [6, 6.07) is 0. The van der Waals surface area contributed by atoms with E-state index in [1.807, 2.05) is 0 Å². The highest BCUT2D eigenvalue weighted by Crippen LogP contribution is 1.91. The van der Waals surface area contributed by atoms with Gasteiger partial charge in [-0.15, -0.1) is 0 Å². The maximum Gasteiger partial charge on any atom is 0.246 e. The van der Waals surface area contributed by atoms with Crippen LogP contribution in [0.1, 0.15) is 33.1 Å². The van der Waals surface area contributed by atoms with Crippen molar-refractivity contribution < 1.29 is 38.1 Å². The van der Waals surface area contributed by atoms with Crippen LogP contribution in [-0.2, 0) is 38.1 Å². The molecule has 0 heterocycles. The minimum atomic E-state index is -0.264. The van der Waals surface area contributed by atoms with Gasteiger partial charge in [0.05, 0.1) is 33.0 Å². The number of carbonyl (C=O) groups excluding carboxylic acids is 4. The number of carbonyl (C=O) groups is 4. The largest absolute Gasteiger partial charge is 0.379 e. The molecule has 0 aromatic rings. The highest BCUT2D eigenvalue weighted by molar-refractivity contribution is 5.78. The maximum absolute atomic E-state index is 11.6. The maximum atomic E-state index is 11.6. The van der Waals surface area contributed by atoms with Gasteiger partial charge in [0.2, 0.25) is 17.7 Å². The monoisotopic (exact) mass is 447 g/mol. The van der Waals surface area contributed by atoms with Gasteiger partial charge in [0.15, 0.2) is 0 Å². The lowest BCUT2D eigenvalue weighted by molar-refractivity contribution is -0.127. The zero-order chi connectivity index (χ0) is 23.2. The van der Waals surface area contributed by atoms with Crippen LogP contribution in [0.5, 0.6) is 0 Å². The van der Waals surface area contributed by atoms with E-state index in [9.17, 15) is 19.2 Å². The third-order valence-electron chi connectivity index (χ3n) is 3.69. The van der Waals surface area contributed by atoms with Crippen LogP contribution in [0.15, 0.2) is 0 Å². The topological polar surface area (TPSA) is 141 Å². The van der Waals surface area contributed by atoms with E-state index in [0.29, 0.717) is 71.9 Å². The molecule has 0 fully saturated rings. The third kappa shape index (κ3) is 22.4. The van der Waals surface area contributed by atoms with Crippen molar-refractivity contribution in [2.75, 3.05) is 72.5 Å². The van der Waals surface area contributed by atoms with Gasteiger partial charge >= 0.3 is 0 Å². The van der Waals surface area contributed by atoms with E-state index in [0.717, 1.165) is 0 Å². The Labute approximate surface area is 183 Å². The summed E-state index contributed by atoms with van der Waals surface area (Å²) in [7, 11) is 0. The number of hydrogen-bond acceptors (Lipinski definition) is 8. The van der Waals surface area contributed by atoms with Crippen LogP contribution < -0.4 is 16.0 Å². The summed E-state index contributed by atoms with van der Waals surface area (Å²) in [6.45, 7) is 6.29. The van der Waals surface area contributed by atoms with Crippen molar-refractivity contribution in [3.63, 3.8) is 0 Å². The Morgan fingerprint density at radius 3 is 1.65 bits per heavy atom. The molecule has 0 aromatic carbocycles. The fourth-order valence-corrected chi connectivity index (χ4v) is 2.09. The Kier molecular flexibility index (Phi) is 19.7. The third-order valence-corrected chi connectivity index (χ3v) is 3.69. The molecular weight excluding hydrogens is 410 g/mol. The highest BCUT2D eigenvalue weighted by Gasteiger charge is 2.03. The molecule has 0 atom stereocenters. The van der Waals surface area contributed by atoms with E-state index in [4.69, 9.17) is 18.9 Å². The van der Waals surface area contributed by atoms with Gasteiger partial charge in [-0.25, -0.2) is 0 Å². The minimum Gasteiger partial charge on any atom is -0.379 e. The summed E-state index contributed by atoms with van der Waals surface area (Å²) in [5.41, 5.74) is 0. The standard InChI is InChI=1S/C20H37N3O8/c1-3-18(25)21-6-7-22-19(26)15-31-14-12-29-10-8-23-20(27)16-30-13-11-28-9-4-5-17(2)24/h3-16H2,1-2H3,(H,21,25)(H,22,26)(H,23,27). The Morgan fingerprint density at radius 2 is 1.10 bits per heavy atom. The van der Waals surface area contributed by atoms with E-state index in [-0.39, 0.29) is 43.3 Å². The van der Waals surface area contributed by atoms with Crippen LogP contribution in [0.2, 0.25) is 0 Å². The quantitative estimate of drug-likeness (QED) is 0.194. The van der Waals surface area contributed by atoms with Crippen LogP contribution in [0.3, 0.4) is 0 Å². The van der Waals surface area contributed by atoms with Crippen molar-refractivity contribution in [2.24, 2.45) is 0 Å². The molecule has 11 heteroatoms.